The van der Waals surface area contributed by atoms with E-state index in [1.54, 1.807) is 13.2 Å². The zero-order valence-corrected chi connectivity index (χ0v) is 14.1. The van der Waals surface area contributed by atoms with Crippen LogP contribution < -0.4 is 10.1 Å². The van der Waals surface area contributed by atoms with Crippen molar-refractivity contribution in [3.63, 3.8) is 0 Å². The summed E-state index contributed by atoms with van der Waals surface area (Å²) in [5.41, 5.74) is 1.80. The second kappa shape index (κ2) is 6.54. The molecule has 0 bridgehead atoms. The lowest BCUT2D eigenvalue weighted by Crippen LogP contribution is -2.08. The molecule has 0 fully saturated rings. The predicted molar refractivity (Wildman–Crippen MR) is 90.9 cm³/mol. The van der Waals surface area contributed by atoms with Crippen molar-refractivity contribution in [2.45, 2.75) is 13.0 Å². The highest BCUT2D eigenvalue weighted by Crippen LogP contribution is 2.32. The highest BCUT2D eigenvalue weighted by molar-refractivity contribution is 14.1. The first-order chi connectivity index (χ1) is 9.51. The van der Waals surface area contributed by atoms with E-state index in [2.05, 4.69) is 27.9 Å². The summed E-state index contributed by atoms with van der Waals surface area (Å²) >= 11 is 8.17. The van der Waals surface area contributed by atoms with Crippen molar-refractivity contribution in [1.29, 1.82) is 0 Å². The van der Waals surface area contributed by atoms with Gasteiger partial charge in [-0.1, -0.05) is 11.6 Å². The Balaban J connectivity index is 2.21. The lowest BCUT2D eigenvalue weighted by molar-refractivity contribution is 0.406. The van der Waals surface area contributed by atoms with E-state index in [1.807, 2.05) is 37.3 Å². The number of halogens is 2. The van der Waals surface area contributed by atoms with E-state index >= 15 is 0 Å². The predicted octanol–water partition coefficient (Wildman–Crippen LogP) is 4.83. The van der Waals surface area contributed by atoms with Gasteiger partial charge < -0.3 is 15.2 Å². The maximum atomic E-state index is 10.0. The third-order valence-corrected chi connectivity index (χ3v) is 4.13. The minimum atomic E-state index is -0.0319. The van der Waals surface area contributed by atoms with E-state index in [-0.39, 0.29) is 11.8 Å². The van der Waals surface area contributed by atoms with Crippen LogP contribution in [0, 0.1) is 3.57 Å². The molecule has 0 aliphatic heterocycles. The van der Waals surface area contributed by atoms with Gasteiger partial charge in [-0.3, -0.25) is 0 Å². The normalized spacial score (nSPS) is 12.0. The number of hydrogen-bond donors (Lipinski definition) is 2. The second-order valence-corrected chi connectivity index (χ2v) is 6.01. The van der Waals surface area contributed by atoms with Crippen LogP contribution in [0.3, 0.4) is 0 Å². The molecule has 0 aromatic heterocycles. The average Bonchev–Trinajstić information content (AvgIpc) is 2.41. The highest BCUT2D eigenvalue weighted by Gasteiger charge is 2.12. The summed E-state index contributed by atoms with van der Waals surface area (Å²) in [7, 11) is 1.58. The van der Waals surface area contributed by atoms with Crippen molar-refractivity contribution >= 4 is 39.9 Å². The fourth-order valence-electron chi connectivity index (χ4n) is 1.93. The molecule has 1 unspecified atom stereocenters. The van der Waals surface area contributed by atoms with Crippen LogP contribution in [0.1, 0.15) is 18.5 Å². The minimum absolute atomic E-state index is 0.0319. The molecule has 5 heteroatoms. The van der Waals surface area contributed by atoms with Crippen LogP contribution in [-0.2, 0) is 0 Å². The van der Waals surface area contributed by atoms with Crippen LogP contribution in [0.2, 0.25) is 5.02 Å². The number of benzene rings is 2. The largest absolute Gasteiger partial charge is 0.507 e. The standard InChI is InChI=1S/C15H15ClINO2/c1-9(12-5-4-11(20-2)8-15(12)19)18-14-6-3-10(16)7-13(14)17/h3-9,18-19H,1-2H3. The van der Waals surface area contributed by atoms with Gasteiger partial charge in [0.1, 0.15) is 11.5 Å². The summed E-state index contributed by atoms with van der Waals surface area (Å²) in [5, 5.41) is 14.1. The molecule has 0 saturated heterocycles. The number of phenolic OH excluding ortho intramolecular Hbond substituents is 1. The molecule has 0 saturated carbocycles. The number of methoxy groups -OCH3 is 1. The molecule has 1 atom stereocenters. The van der Waals surface area contributed by atoms with E-state index < -0.39 is 0 Å². The van der Waals surface area contributed by atoms with Crippen molar-refractivity contribution < 1.29 is 9.84 Å². The molecular formula is C15H15ClINO2. The maximum absolute atomic E-state index is 10.0. The average molecular weight is 404 g/mol. The Morgan fingerprint density at radius 2 is 2.00 bits per heavy atom. The van der Waals surface area contributed by atoms with E-state index in [0.29, 0.717) is 10.8 Å². The molecule has 2 aromatic carbocycles. The van der Waals surface area contributed by atoms with E-state index in [0.717, 1.165) is 14.8 Å². The summed E-state index contributed by atoms with van der Waals surface area (Å²) in [6, 6.07) is 10.9. The Hall–Kier alpha value is -1.14. The molecule has 20 heavy (non-hydrogen) atoms. The lowest BCUT2D eigenvalue weighted by Gasteiger charge is -2.18. The maximum Gasteiger partial charge on any atom is 0.124 e. The number of hydrogen-bond acceptors (Lipinski definition) is 3. The van der Waals surface area contributed by atoms with Gasteiger partial charge in [0.05, 0.1) is 13.2 Å². The monoisotopic (exact) mass is 403 g/mol. The number of anilines is 1. The summed E-state index contributed by atoms with van der Waals surface area (Å²) in [5.74, 6) is 0.854. The molecule has 0 heterocycles. The van der Waals surface area contributed by atoms with Crippen LogP contribution in [-0.4, -0.2) is 12.2 Å². The Labute approximate surface area is 137 Å². The summed E-state index contributed by atoms with van der Waals surface area (Å²) in [6.07, 6.45) is 0. The number of ether oxygens (including phenoxy) is 1. The zero-order chi connectivity index (χ0) is 14.7. The molecule has 2 aromatic rings. The lowest BCUT2D eigenvalue weighted by atomic mass is 10.1. The molecule has 2 N–H and O–H groups in total. The fraction of sp³-hybridized carbons (Fsp3) is 0.200. The van der Waals surface area contributed by atoms with E-state index in [9.17, 15) is 5.11 Å². The van der Waals surface area contributed by atoms with Crippen molar-refractivity contribution in [3.05, 3.63) is 50.6 Å². The van der Waals surface area contributed by atoms with Crippen LogP contribution in [0.5, 0.6) is 11.5 Å². The van der Waals surface area contributed by atoms with Crippen molar-refractivity contribution in [2.24, 2.45) is 0 Å². The van der Waals surface area contributed by atoms with Gasteiger partial charge >= 0.3 is 0 Å². The van der Waals surface area contributed by atoms with Gasteiger partial charge in [0.25, 0.3) is 0 Å². The van der Waals surface area contributed by atoms with Crippen molar-refractivity contribution in [1.82, 2.24) is 0 Å². The molecule has 3 nitrogen and oxygen atoms in total. The SMILES string of the molecule is COc1ccc(C(C)Nc2ccc(Cl)cc2I)c(O)c1. The molecule has 0 radical (unpaired) electrons. The molecule has 2 rings (SSSR count). The van der Waals surface area contributed by atoms with Gasteiger partial charge in [-0.2, -0.15) is 0 Å². The Morgan fingerprint density at radius 3 is 2.60 bits per heavy atom. The first-order valence-corrected chi connectivity index (χ1v) is 7.55. The quantitative estimate of drug-likeness (QED) is 0.718. The number of aromatic hydroxyl groups is 1. The summed E-state index contributed by atoms with van der Waals surface area (Å²) in [4.78, 5) is 0. The Bertz CT molecular complexity index is 619. The van der Waals surface area contributed by atoms with Gasteiger partial charge in [-0.15, -0.1) is 0 Å². The van der Waals surface area contributed by atoms with Gasteiger partial charge in [-0.25, -0.2) is 0 Å². The Kier molecular flexibility index (Phi) is 4.99. The zero-order valence-electron chi connectivity index (χ0n) is 11.2. The molecule has 0 aliphatic carbocycles. The second-order valence-electron chi connectivity index (χ2n) is 4.41. The molecule has 106 valence electrons. The van der Waals surface area contributed by atoms with Crippen molar-refractivity contribution in [2.75, 3.05) is 12.4 Å². The number of nitrogens with one attached hydrogen (secondary N) is 1. The van der Waals surface area contributed by atoms with Crippen molar-refractivity contribution in [3.8, 4) is 11.5 Å². The van der Waals surface area contributed by atoms with Gasteiger partial charge in [0.2, 0.25) is 0 Å². The van der Waals surface area contributed by atoms with Gasteiger partial charge in [0, 0.05) is 25.9 Å². The van der Waals surface area contributed by atoms with Crippen LogP contribution >= 0.6 is 34.2 Å². The molecule has 0 amide bonds. The topological polar surface area (TPSA) is 41.5 Å². The minimum Gasteiger partial charge on any atom is -0.507 e. The number of rotatable bonds is 4. The first-order valence-electron chi connectivity index (χ1n) is 6.09. The van der Waals surface area contributed by atoms with Gasteiger partial charge in [0.15, 0.2) is 0 Å². The molecule has 0 aliphatic rings. The molecule has 0 spiro atoms. The highest BCUT2D eigenvalue weighted by atomic mass is 127. The smallest absolute Gasteiger partial charge is 0.124 e. The summed E-state index contributed by atoms with van der Waals surface area (Å²) in [6.45, 7) is 1.99. The number of phenols is 1. The fourth-order valence-corrected chi connectivity index (χ4v) is 2.96. The van der Waals surface area contributed by atoms with Crippen LogP contribution in [0.25, 0.3) is 0 Å². The van der Waals surface area contributed by atoms with E-state index in [4.69, 9.17) is 16.3 Å². The van der Waals surface area contributed by atoms with E-state index in [1.165, 1.54) is 0 Å². The third-order valence-electron chi connectivity index (χ3n) is 3.01. The van der Waals surface area contributed by atoms with Crippen LogP contribution in [0.4, 0.5) is 5.69 Å². The molecular weight excluding hydrogens is 389 g/mol. The summed E-state index contributed by atoms with van der Waals surface area (Å²) < 4.78 is 6.12. The third kappa shape index (κ3) is 3.49. The first kappa shape index (κ1) is 15.3. The van der Waals surface area contributed by atoms with Crippen LogP contribution in [0.15, 0.2) is 36.4 Å². The Morgan fingerprint density at radius 1 is 1.25 bits per heavy atom. The van der Waals surface area contributed by atoms with Gasteiger partial charge in [-0.05, 0) is 59.8 Å².